The monoisotopic (exact) mass is 449 g/mol. The van der Waals surface area contributed by atoms with Crippen LogP contribution in [0.15, 0.2) is 48.7 Å². The average Bonchev–Trinajstić information content (AvgIpc) is 3.41. The van der Waals surface area contributed by atoms with Crippen LogP contribution in [0.3, 0.4) is 0 Å². The number of nitrogens with zero attached hydrogens (tertiary/aromatic N) is 2. The second-order valence-electron chi connectivity index (χ2n) is 6.11. The summed E-state index contributed by atoms with van der Waals surface area (Å²) in [6, 6.07) is 4.21. The minimum absolute atomic E-state index is 0.0163. The Balaban J connectivity index is 1.56. The van der Waals surface area contributed by atoms with Gasteiger partial charge in [-0.15, -0.1) is 10.2 Å². The summed E-state index contributed by atoms with van der Waals surface area (Å²) in [5.74, 6) is -0.466. The second-order valence-corrected chi connectivity index (χ2v) is 8.31. The Kier molecular flexibility index (Phi) is 7.41. The van der Waals surface area contributed by atoms with Gasteiger partial charge in [-0.05, 0) is 25.0 Å². The topological polar surface area (TPSA) is 125 Å². The molecular formula is C19H19N3O6S2. The fraction of sp³-hybridized carbons (Fsp3) is 0.316. The summed E-state index contributed by atoms with van der Waals surface area (Å²) in [6.07, 6.45) is 3.93. The highest BCUT2D eigenvalue weighted by Crippen LogP contribution is 2.28. The molecule has 0 fully saturated rings. The number of ether oxygens (including phenoxy) is 1. The molecule has 0 saturated carbocycles. The molecule has 0 aromatic carbocycles. The Morgan fingerprint density at radius 2 is 2.07 bits per heavy atom. The molecule has 0 saturated heterocycles. The first-order valence-electron chi connectivity index (χ1n) is 9.14. The Morgan fingerprint density at radius 1 is 1.27 bits per heavy atom. The van der Waals surface area contributed by atoms with Crippen molar-refractivity contribution in [3.05, 3.63) is 52.5 Å². The van der Waals surface area contributed by atoms with Crippen LogP contribution >= 0.6 is 23.1 Å². The SMILES string of the molecule is CCC(CC)C(=O)Nc1nnc(SCc2cc(=O)c(OC(=O)c3ccco3)co2)s1. The summed E-state index contributed by atoms with van der Waals surface area (Å²) in [6.45, 7) is 3.93. The third-order valence-corrected chi connectivity index (χ3v) is 6.10. The first kappa shape index (κ1) is 21.8. The van der Waals surface area contributed by atoms with E-state index in [9.17, 15) is 14.4 Å². The quantitative estimate of drug-likeness (QED) is 0.293. The summed E-state index contributed by atoms with van der Waals surface area (Å²) in [5.41, 5.74) is -0.493. The van der Waals surface area contributed by atoms with Crippen molar-refractivity contribution in [2.45, 2.75) is 36.8 Å². The number of amides is 1. The fourth-order valence-corrected chi connectivity index (χ4v) is 4.10. The molecule has 1 amide bonds. The van der Waals surface area contributed by atoms with Crippen LogP contribution in [-0.4, -0.2) is 22.1 Å². The highest BCUT2D eigenvalue weighted by molar-refractivity contribution is 8.00. The maximum atomic E-state index is 12.2. The minimum atomic E-state index is -0.786. The molecule has 0 bridgehead atoms. The lowest BCUT2D eigenvalue weighted by Crippen LogP contribution is -2.21. The third kappa shape index (κ3) is 5.57. The van der Waals surface area contributed by atoms with Gasteiger partial charge in [0.25, 0.3) is 0 Å². The number of anilines is 1. The molecule has 3 aromatic rings. The van der Waals surface area contributed by atoms with Gasteiger partial charge in [0.2, 0.25) is 28.0 Å². The first-order valence-corrected chi connectivity index (χ1v) is 10.9. The van der Waals surface area contributed by atoms with E-state index in [1.54, 1.807) is 0 Å². The minimum Gasteiger partial charge on any atom is -0.464 e. The Labute approximate surface area is 179 Å². The zero-order valence-electron chi connectivity index (χ0n) is 16.2. The van der Waals surface area contributed by atoms with Crippen LogP contribution in [0, 0.1) is 5.92 Å². The maximum Gasteiger partial charge on any atom is 0.379 e. The van der Waals surface area contributed by atoms with Gasteiger partial charge in [0.05, 0.1) is 12.0 Å². The summed E-state index contributed by atoms with van der Waals surface area (Å²) < 4.78 is 15.9. The van der Waals surface area contributed by atoms with Gasteiger partial charge in [-0.25, -0.2) is 4.79 Å². The summed E-state index contributed by atoms with van der Waals surface area (Å²) in [5, 5.41) is 11.2. The maximum absolute atomic E-state index is 12.2. The van der Waals surface area contributed by atoms with Gasteiger partial charge in [-0.1, -0.05) is 36.9 Å². The van der Waals surface area contributed by atoms with E-state index < -0.39 is 11.4 Å². The molecule has 0 atom stereocenters. The standard InChI is InChI=1S/C19H19N3O6S2/c1-3-11(4-2)16(24)20-18-21-22-19(30-18)29-10-12-8-13(23)15(9-27-12)28-17(25)14-6-5-7-26-14/h5-9,11H,3-4,10H2,1-2H3,(H,20,21,24). The highest BCUT2D eigenvalue weighted by atomic mass is 32.2. The number of thioether (sulfide) groups is 1. The molecule has 0 aliphatic carbocycles. The smallest absolute Gasteiger partial charge is 0.379 e. The predicted molar refractivity (Wildman–Crippen MR) is 111 cm³/mol. The van der Waals surface area contributed by atoms with Gasteiger partial charge in [-0.3, -0.25) is 9.59 Å². The van der Waals surface area contributed by atoms with Crippen LogP contribution in [0.25, 0.3) is 0 Å². The first-order chi connectivity index (χ1) is 14.5. The number of rotatable bonds is 9. The Hall–Kier alpha value is -2.92. The molecule has 9 nitrogen and oxygen atoms in total. The van der Waals surface area contributed by atoms with Gasteiger partial charge in [0, 0.05) is 12.0 Å². The van der Waals surface area contributed by atoms with E-state index >= 15 is 0 Å². The van der Waals surface area contributed by atoms with E-state index in [1.165, 1.54) is 47.6 Å². The second kappa shape index (κ2) is 10.2. The van der Waals surface area contributed by atoms with Crippen LogP contribution < -0.4 is 15.5 Å². The van der Waals surface area contributed by atoms with Crippen LogP contribution in [0.4, 0.5) is 5.13 Å². The fourth-order valence-electron chi connectivity index (χ4n) is 2.45. The third-order valence-electron chi connectivity index (χ3n) is 4.11. The molecule has 0 spiro atoms. The molecular weight excluding hydrogens is 430 g/mol. The highest BCUT2D eigenvalue weighted by Gasteiger charge is 2.17. The van der Waals surface area contributed by atoms with Crippen molar-refractivity contribution in [2.75, 3.05) is 5.32 Å². The number of carbonyl (C=O) groups is 2. The van der Waals surface area contributed by atoms with Gasteiger partial charge in [-0.2, -0.15) is 0 Å². The Morgan fingerprint density at radius 3 is 2.73 bits per heavy atom. The molecule has 1 N–H and O–H groups in total. The molecule has 0 aliphatic rings. The molecule has 0 radical (unpaired) electrons. The number of hydrogen-bond acceptors (Lipinski definition) is 10. The van der Waals surface area contributed by atoms with Crippen molar-refractivity contribution in [3.63, 3.8) is 0 Å². The van der Waals surface area contributed by atoms with Crippen LogP contribution in [0.5, 0.6) is 5.75 Å². The van der Waals surface area contributed by atoms with Crippen molar-refractivity contribution in [3.8, 4) is 5.75 Å². The predicted octanol–water partition coefficient (Wildman–Crippen LogP) is 3.97. The summed E-state index contributed by atoms with van der Waals surface area (Å²) >= 11 is 2.55. The Bertz CT molecular complexity index is 1060. The van der Waals surface area contributed by atoms with Crippen LogP contribution in [0.1, 0.15) is 43.0 Å². The van der Waals surface area contributed by atoms with Gasteiger partial charge in [0.1, 0.15) is 12.0 Å². The van der Waals surface area contributed by atoms with Crippen molar-refractivity contribution in [1.82, 2.24) is 10.2 Å². The van der Waals surface area contributed by atoms with Gasteiger partial charge in [0.15, 0.2) is 4.34 Å². The van der Waals surface area contributed by atoms with Crippen LogP contribution in [0.2, 0.25) is 0 Å². The van der Waals surface area contributed by atoms with Crippen molar-refractivity contribution in [2.24, 2.45) is 5.92 Å². The molecule has 0 aliphatic heterocycles. The molecule has 3 rings (SSSR count). The lowest BCUT2D eigenvalue weighted by molar-refractivity contribution is -0.120. The zero-order chi connectivity index (χ0) is 21.5. The zero-order valence-corrected chi connectivity index (χ0v) is 17.9. The van der Waals surface area contributed by atoms with Gasteiger partial charge < -0.3 is 18.9 Å². The number of nitrogens with one attached hydrogen (secondary N) is 1. The molecule has 3 aromatic heterocycles. The van der Waals surface area contributed by atoms with E-state index in [4.69, 9.17) is 13.6 Å². The van der Waals surface area contributed by atoms with E-state index in [0.717, 1.165) is 19.1 Å². The number of aromatic nitrogens is 2. The van der Waals surface area contributed by atoms with E-state index in [0.29, 0.717) is 21.0 Å². The number of carbonyl (C=O) groups excluding carboxylic acids is 2. The van der Waals surface area contributed by atoms with E-state index in [-0.39, 0.29) is 23.3 Å². The average molecular weight is 450 g/mol. The van der Waals surface area contributed by atoms with Crippen LogP contribution in [-0.2, 0) is 10.5 Å². The largest absolute Gasteiger partial charge is 0.464 e. The van der Waals surface area contributed by atoms with E-state index in [2.05, 4.69) is 15.5 Å². The summed E-state index contributed by atoms with van der Waals surface area (Å²) in [4.78, 5) is 36.1. The number of furan rings is 1. The summed E-state index contributed by atoms with van der Waals surface area (Å²) in [7, 11) is 0. The van der Waals surface area contributed by atoms with E-state index in [1.807, 2.05) is 13.8 Å². The lowest BCUT2D eigenvalue weighted by Gasteiger charge is -2.09. The molecule has 0 unspecified atom stereocenters. The van der Waals surface area contributed by atoms with Crippen molar-refractivity contribution in [1.29, 1.82) is 0 Å². The molecule has 3 heterocycles. The molecule has 158 valence electrons. The van der Waals surface area contributed by atoms with Crippen molar-refractivity contribution < 1.29 is 23.2 Å². The molecule has 11 heteroatoms. The van der Waals surface area contributed by atoms with Crippen molar-refractivity contribution >= 4 is 40.1 Å². The van der Waals surface area contributed by atoms with Gasteiger partial charge >= 0.3 is 5.97 Å². The number of hydrogen-bond donors (Lipinski definition) is 1. The lowest BCUT2D eigenvalue weighted by atomic mass is 10.0. The molecule has 30 heavy (non-hydrogen) atoms. The number of esters is 1. The normalized spacial score (nSPS) is 10.9.